The van der Waals surface area contributed by atoms with E-state index in [1.165, 1.54) is 0 Å². The number of carbonyl (C=O) groups is 1. The molecule has 0 aliphatic carbocycles. The topological polar surface area (TPSA) is 87.3 Å². The van der Waals surface area contributed by atoms with Gasteiger partial charge < -0.3 is 10.6 Å². The van der Waals surface area contributed by atoms with Gasteiger partial charge in [0.05, 0.1) is 5.75 Å². The van der Waals surface area contributed by atoms with Crippen LogP contribution in [-0.2, 0) is 10.0 Å². The average Bonchev–Trinajstić information content (AvgIpc) is 2.38. The molecule has 19 heavy (non-hydrogen) atoms. The van der Waals surface area contributed by atoms with Gasteiger partial charge >= 0.3 is 6.03 Å². The first kappa shape index (κ1) is 15.3. The summed E-state index contributed by atoms with van der Waals surface area (Å²) in [5, 5.41) is 5.33. The van der Waals surface area contributed by atoms with Crippen molar-refractivity contribution in [2.24, 2.45) is 0 Å². The molecule has 0 bridgehead atoms. The van der Waals surface area contributed by atoms with E-state index in [4.69, 9.17) is 0 Å². The minimum atomic E-state index is -3.27. The number of hydrogen-bond donors (Lipinski definition) is 3. The van der Waals surface area contributed by atoms with Crippen LogP contribution in [0.2, 0.25) is 0 Å². The Kier molecular flexibility index (Phi) is 5.62. The molecule has 0 aliphatic rings. The van der Waals surface area contributed by atoms with Crippen molar-refractivity contribution in [1.82, 2.24) is 5.32 Å². The van der Waals surface area contributed by atoms with Crippen molar-refractivity contribution in [2.45, 2.75) is 20.3 Å². The molecule has 1 aromatic rings. The van der Waals surface area contributed by atoms with E-state index >= 15 is 0 Å². The number of benzene rings is 1. The van der Waals surface area contributed by atoms with Crippen LogP contribution in [0.4, 0.5) is 16.2 Å². The summed E-state index contributed by atoms with van der Waals surface area (Å²) >= 11 is 0. The first-order valence-electron chi connectivity index (χ1n) is 6.12. The van der Waals surface area contributed by atoms with Gasteiger partial charge in [-0.1, -0.05) is 6.92 Å². The van der Waals surface area contributed by atoms with Crippen molar-refractivity contribution in [3.8, 4) is 0 Å². The van der Waals surface area contributed by atoms with Gasteiger partial charge in [0.25, 0.3) is 0 Å². The zero-order valence-corrected chi connectivity index (χ0v) is 11.9. The largest absolute Gasteiger partial charge is 0.338 e. The summed E-state index contributed by atoms with van der Waals surface area (Å²) < 4.78 is 25.1. The predicted molar refractivity (Wildman–Crippen MR) is 76.8 cm³/mol. The van der Waals surface area contributed by atoms with Crippen LogP contribution >= 0.6 is 0 Å². The van der Waals surface area contributed by atoms with E-state index in [0.717, 1.165) is 6.42 Å². The molecule has 7 heteroatoms. The van der Waals surface area contributed by atoms with Crippen LogP contribution in [-0.4, -0.2) is 26.7 Å². The van der Waals surface area contributed by atoms with Crippen LogP contribution in [0.1, 0.15) is 20.3 Å². The number of rotatable bonds is 6. The van der Waals surface area contributed by atoms with Crippen molar-refractivity contribution in [3.63, 3.8) is 0 Å². The third kappa shape index (κ3) is 5.60. The van der Waals surface area contributed by atoms with Gasteiger partial charge in [-0.25, -0.2) is 13.2 Å². The van der Waals surface area contributed by atoms with E-state index in [9.17, 15) is 13.2 Å². The maximum atomic E-state index is 11.4. The smallest absolute Gasteiger partial charge is 0.319 e. The van der Waals surface area contributed by atoms with Gasteiger partial charge in [0, 0.05) is 17.9 Å². The van der Waals surface area contributed by atoms with E-state index in [1.54, 1.807) is 31.2 Å². The molecule has 106 valence electrons. The molecule has 0 saturated carbocycles. The lowest BCUT2D eigenvalue weighted by molar-refractivity contribution is 0.252. The molecule has 0 atom stereocenters. The van der Waals surface area contributed by atoms with Gasteiger partial charge in [-0.15, -0.1) is 0 Å². The molecule has 0 saturated heterocycles. The van der Waals surface area contributed by atoms with E-state index in [0.29, 0.717) is 17.9 Å². The number of nitrogens with one attached hydrogen (secondary N) is 3. The highest BCUT2D eigenvalue weighted by atomic mass is 32.2. The number of sulfonamides is 1. The molecular weight excluding hydrogens is 266 g/mol. The monoisotopic (exact) mass is 285 g/mol. The normalized spacial score (nSPS) is 10.8. The van der Waals surface area contributed by atoms with Gasteiger partial charge in [0.1, 0.15) is 0 Å². The Bertz CT molecular complexity index is 512. The minimum Gasteiger partial charge on any atom is -0.338 e. The molecule has 0 spiro atoms. The van der Waals surface area contributed by atoms with Gasteiger partial charge in [-0.3, -0.25) is 4.72 Å². The molecule has 0 aromatic heterocycles. The summed E-state index contributed by atoms with van der Waals surface area (Å²) in [4.78, 5) is 11.4. The van der Waals surface area contributed by atoms with E-state index in [2.05, 4.69) is 15.4 Å². The highest BCUT2D eigenvalue weighted by Crippen LogP contribution is 2.14. The Morgan fingerprint density at radius 3 is 2.21 bits per heavy atom. The Labute approximate surface area is 113 Å². The number of anilines is 2. The number of amides is 2. The van der Waals surface area contributed by atoms with Gasteiger partial charge in [-0.2, -0.15) is 0 Å². The Hall–Kier alpha value is -1.76. The fourth-order valence-electron chi connectivity index (χ4n) is 1.29. The van der Waals surface area contributed by atoms with Crippen molar-refractivity contribution in [1.29, 1.82) is 0 Å². The Morgan fingerprint density at radius 1 is 1.11 bits per heavy atom. The second-order valence-corrected chi connectivity index (χ2v) is 5.97. The molecule has 0 unspecified atom stereocenters. The summed E-state index contributed by atoms with van der Waals surface area (Å²) in [7, 11) is -3.27. The Morgan fingerprint density at radius 2 is 1.68 bits per heavy atom. The lowest BCUT2D eigenvalue weighted by Gasteiger charge is -2.09. The second kappa shape index (κ2) is 6.98. The number of urea groups is 1. The van der Waals surface area contributed by atoms with E-state index in [-0.39, 0.29) is 11.8 Å². The lowest BCUT2D eigenvalue weighted by atomic mass is 10.3. The molecule has 0 fully saturated rings. The molecular formula is C12H19N3O3S. The molecule has 6 nitrogen and oxygen atoms in total. The maximum absolute atomic E-state index is 11.4. The van der Waals surface area contributed by atoms with Crippen LogP contribution in [0.5, 0.6) is 0 Å². The van der Waals surface area contributed by atoms with Crippen molar-refractivity contribution in [2.75, 3.05) is 22.3 Å². The van der Waals surface area contributed by atoms with Gasteiger partial charge in [0.2, 0.25) is 10.0 Å². The van der Waals surface area contributed by atoms with E-state index < -0.39 is 10.0 Å². The fourth-order valence-corrected chi connectivity index (χ4v) is 1.93. The molecule has 0 aliphatic heterocycles. The third-order valence-corrected chi connectivity index (χ3v) is 3.64. The summed E-state index contributed by atoms with van der Waals surface area (Å²) in [6.07, 6.45) is 0.866. The van der Waals surface area contributed by atoms with Crippen LogP contribution in [0, 0.1) is 0 Å². The van der Waals surface area contributed by atoms with Crippen LogP contribution in [0.15, 0.2) is 24.3 Å². The van der Waals surface area contributed by atoms with Crippen molar-refractivity contribution >= 4 is 27.4 Å². The summed E-state index contributed by atoms with van der Waals surface area (Å²) in [5.74, 6) is 0.0203. The highest BCUT2D eigenvalue weighted by molar-refractivity contribution is 7.92. The quantitative estimate of drug-likeness (QED) is 0.747. The molecule has 0 heterocycles. The predicted octanol–water partition coefficient (Wildman–Crippen LogP) is 1.98. The zero-order valence-electron chi connectivity index (χ0n) is 11.1. The fraction of sp³-hybridized carbons (Fsp3) is 0.417. The van der Waals surface area contributed by atoms with Gasteiger partial charge in [0.15, 0.2) is 0 Å². The molecule has 2 amide bonds. The first-order valence-corrected chi connectivity index (χ1v) is 7.77. The third-order valence-electron chi connectivity index (χ3n) is 2.33. The summed E-state index contributed by atoms with van der Waals surface area (Å²) in [6.45, 7) is 4.14. The van der Waals surface area contributed by atoms with Crippen molar-refractivity contribution < 1.29 is 13.2 Å². The Balaban J connectivity index is 2.59. The molecule has 1 rings (SSSR count). The van der Waals surface area contributed by atoms with Crippen molar-refractivity contribution in [3.05, 3.63) is 24.3 Å². The average molecular weight is 285 g/mol. The highest BCUT2D eigenvalue weighted by Gasteiger charge is 2.06. The lowest BCUT2D eigenvalue weighted by Crippen LogP contribution is -2.29. The van der Waals surface area contributed by atoms with Gasteiger partial charge in [-0.05, 0) is 37.6 Å². The second-order valence-electron chi connectivity index (χ2n) is 3.96. The summed E-state index contributed by atoms with van der Waals surface area (Å²) in [6, 6.07) is 6.20. The minimum absolute atomic E-state index is 0.0203. The van der Waals surface area contributed by atoms with E-state index in [1.807, 2.05) is 6.92 Å². The molecule has 3 N–H and O–H groups in total. The van der Waals surface area contributed by atoms with Crippen LogP contribution in [0.3, 0.4) is 0 Å². The standard InChI is InChI=1S/C12H19N3O3S/c1-3-9-13-12(16)14-10-5-7-11(8-6-10)15-19(17,18)4-2/h5-8,15H,3-4,9H2,1-2H3,(H2,13,14,16). The number of carbonyl (C=O) groups excluding carboxylic acids is 1. The summed E-state index contributed by atoms with van der Waals surface area (Å²) in [5.41, 5.74) is 1.08. The maximum Gasteiger partial charge on any atom is 0.319 e. The SMILES string of the molecule is CCCNC(=O)Nc1ccc(NS(=O)(=O)CC)cc1. The number of hydrogen-bond acceptors (Lipinski definition) is 3. The van der Waals surface area contributed by atoms with Crippen LogP contribution in [0.25, 0.3) is 0 Å². The van der Waals surface area contributed by atoms with Crippen LogP contribution < -0.4 is 15.4 Å². The molecule has 0 radical (unpaired) electrons. The zero-order chi connectivity index (χ0) is 14.3. The first-order chi connectivity index (χ1) is 8.96. The molecule has 1 aromatic carbocycles.